The van der Waals surface area contributed by atoms with Gasteiger partial charge in [0.1, 0.15) is 0 Å². The van der Waals surface area contributed by atoms with Crippen molar-refractivity contribution in [3.8, 4) is 0 Å². The molecule has 2 amide bonds. The number of hydrogen-bond donors (Lipinski definition) is 2. The fraction of sp³-hybridized carbons (Fsp3) is 0.724. The number of hydrogen-bond acceptors (Lipinski definition) is 4. The van der Waals surface area contributed by atoms with Crippen LogP contribution in [-0.2, 0) is 4.79 Å². The number of benzene rings is 1. The molecule has 2 saturated heterocycles. The molecule has 6 nitrogen and oxygen atoms in total. The van der Waals surface area contributed by atoms with Crippen LogP contribution in [0.1, 0.15) is 75.6 Å². The molecule has 1 aromatic carbocycles. The van der Waals surface area contributed by atoms with E-state index in [0.29, 0.717) is 23.0 Å². The molecule has 206 valence electrons. The summed E-state index contributed by atoms with van der Waals surface area (Å²) in [5, 5.41) is 7.42. The van der Waals surface area contributed by atoms with Crippen LogP contribution < -0.4 is 10.6 Å². The van der Waals surface area contributed by atoms with Gasteiger partial charge < -0.3 is 20.4 Å². The van der Waals surface area contributed by atoms with Crippen molar-refractivity contribution in [2.75, 3.05) is 39.3 Å². The van der Waals surface area contributed by atoms with Gasteiger partial charge in [0.15, 0.2) is 0 Å². The van der Waals surface area contributed by atoms with E-state index in [1.54, 1.807) is 12.1 Å². The quantitative estimate of drug-likeness (QED) is 0.384. The predicted molar refractivity (Wildman–Crippen MR) is 159 cm³/mol. The highest BCUT2D eigenvalue weighted by Gasteiger charge is 2.34. The summed E-state index contributed by atoms with van der Waals surface area (Å²) in [6, 6.07) is 5.22. The Kier molecular flexibility index (Phi) is 11.0. The molecular formula is C29H44ClIN4O2. The third kappa shape index (κ3) is 8.54. The van der Waals surface area contributed by atoms with Gasteiger partial charge >= 0.3 is 0 Å². The number of likely N-dealkylation sites (tertiary alicyclic amines) is 1. The van der Waals surface area contributed by atoms with Crippen LogP contribution in [0.4, 0.5) is 0 Å². The zero-order valence-electron chi connectivity index (χ0n) is 22.5. The number of carbonyl (C=O) groups is 2. The van der Waals surface area contributed by atoms with Crippen molar-refractivity contribution in [2.45, 2.75) is 77.3 Å². The predicted octanol–water partition coefficient (Wildman–Crippen LogP) is 5.18. The molecule has 1 aliphatic carbocycles. The maximum absolute atomic E-state index is 13.8. The summed E-state index contributed by atoms with van der Waals surface area (Å²) in [7, 11) is 0. The van der Waals surface area contributed by atoms with Crippen molar-refractivity contribution in [3.63, 3.8) is 0 Å². The Bertz CT molecular complexity index is 915. The molecule has 3 fully saturated rings. The molecule has 0 aromatic heterocycles. The van der Waals surface area contributed by atoms with Crippen molar-refractivity contribution in [1.29, 1.82) is 0 Å². The SMILES string of the molecule is CC1CC(C)CC(CN2CC[C@@H](CNC(=O)c3ccc(Cl)c(I)c3)N[C@@H](CCN3CCCCC3)C2=O)C1. The maximum Gasteiger partial charge on any atom is 0.251 e. The second kappa shape index (κ2) is 13.9. The van der Waals surface area contributed by atoms with Crippen LogP contribution >= 0.6 is 34.2 Å². The van der Waals surface area contributed by atoms with Crippen LogP contribution in [0.15, 0.2) is 18.2 Å². The van der Waals surface area contributed by atoms with E-state index in [-0.39, 0.29) is 23.9 Å². The van der Waals surface area contributed by atoms with E-state index in [2.05, 4.69) is 56.9 Å². The van der Waals surface area contributed by atoms with Crippen LogP contribution in [0, 0.1) is 21.3 Å². The summed E-state index contributed by atoms with van der Waals surface area (Å²) >= 11 is 8.28. The van der Waals surface area contributed by atoms with Crippen molar-refractivity contribution in [1.82, 2.24) is 20.4 Å². The Hall–Kier alpha value is -0.900. The number of carbonyl (C=O) groups excluding carboxylic acids is 2. The van der Waals surface area contributed by atoms with E-state index in [1.807, 2.05) is 6.07 Å². The number of amides is 2. The molecule has 4 rings (SSSR count). The number of nitrogens with one attached hydrogen (secondary N) is 2. The van der Waals surface area contributed by atoms with Crippen LogP contribution in [0.3, 0.4) is 0 Å². The Morgan fingerprint density at radius 2 is 1.84 bits per heavy atom. The van der Waals surface area contributed by atoms with Gasteiger partial charge in [-0.2, -0.15) is 0 Å². The molecule has 0 radical (unpaired) electrons. The number of halogens is 2. The summed E-state index contributed by atoms with van der Waals surface area (Å²) in [5.41, 5.74) is 0.613. The van der Waals surface area contributed by atoms with E-state index >= 15 is 0 Å². The highest BCUT2D eigenvalue weighted by atomic mass is 127. The largest absolute Gasteiger partial charge is 0.350 e. The minimum absolute atomic E-state index is 0.0693. The number of rotatable bonds is 8. The van der Waals surface area contributed by atoms with Gasteiger partial charge in [-0.05, 0) is 117 Å². The Balaban J connectivity index is 1.39. The Morgan fingerprint density at radius 1 is 1.11 bits per heavy atom. The zero-order chi connectivity index (χ0) is 26.4. The molecule has 2 unspecified atom stereocenters. The Morgan fingerprint density at radius 3 is 2.54 bits per heavy atom. The minimum atomic E-state index is -0.193. The van der Waals surface area contributed by atoms with Crippen molar-refractivity contribution in [3.05, 3.63) is 32.4 Å². The fourth-order valence-corrected chi connectivity index (χ4v) is 7.29. The third-order valence-electron chi connectivity index (χ3n) is 8.42. The normalized spacial score (nSPS) is 29.7. The first-order valence-corrected chi connectivity index (χ1v) is 15.7. The van der Waals surface area contributed by atoms with Gasteiger partial charge in [0.2, 0.25) is 5.91 Å². The van der Waals surface area contributed by atoms with E-state index in [9.17, 15) is 9.59 Å². The van der Waals surface area contributed by atoms with E-state index in [1.165, 1.54) is 38.5 Å². The second-order valence-electron chi connectivity index (χ2n) is 11.8. The maximum atomic E-state index is 13.8. The van der Waals surface area contributed by atoms with Crippen molar-refractivity contribution < 1.29 is 9.59 Å². The Labute approximate surface area is 241 Å². The highest BCUT2D eigenvalue weighted by molar-refractivity contribution is 14.1. The molecule has 1 saturated carbocycles. The van der Waals surface area contributed by atoms with Crippen LogP contribution in [0.2, 0.25) is 5.02 Å². The van der Waals surface area contributed by atoms with Crippen LogP contribution in [0.25, 0.3) is 0 Å². The standard InChI is InChI=1S/C29H44ClIN4O2/c1-20-14-21(2)16-22(15-20)19-35-13-8-24(18-32-28(36)23-6-7-25(30)26(31)17-23)33-27(29(35)37)9-12-34-10-4-3-5-11-34/h6-7,17,20-22,24,27,33H,3-5,8-16,18-19H2,1-2H3,(H,32,36)/t20?,21?,22?,24-,27-/m0/s1. The van der Waals surface area contributed by atoms with E-state index in [0.717, 1.165) is 61.0 Å². The third-order valence-corrected chi connectivity index (χ3v) is 9.96. The first-order chi connectivity index (χ1) is 17.8. The van der Waals surface area contributed by atoms with Crippen molar-refractivity contribution >= 4 is 46.0 Å². The summed E-state index contributed by atoms with van der Waals surface area (Å²) in [4.78, 5) is 31.3. The number of nitrogens with zero attached hydrogens (tertiary/aromatic N) is 2. The molecule has 2 aliphatic heterocycles. The highest BCUT2D eigenvalue weighted by Crippen LogP contribution is 2.33. The van der Waals surface area contributed by atoms with Crippen molar-refractivity contribution in [2.24, 2.45) is 17.8 Å². The number of piperidine rings is 1. The molecule has 2 heterocycles. The van der Waals surface area contributed by atoms with Gasteiger partial charge in [0, 0.05) is 41.4 Å². The monoisotopic (exact) mass is 642 g/mol. The molecule has 3 aliphatic rings. The molecule has 8 heteroatoms. The lowest BCUT2D eigenvalue weighted by Gasteiger charge is -2.35. The fourth-order valence-electron chi connectivity index (χ4n) is 6.65. The van der Waals surface area contributed by atoms with E-state index < -0.39 is 0 Å². The van der Waals surface area contributed by atoms with Gasteiger partial charge in [-0.1, -0.05) is 31.9 Å². The van der Waals surface area contributed by atoms with Crippen LogP contribution in [0.5, 0.6) is 0 Å². The summed E-state index contributed by atoms with van der Waals surface area (Å²) < 4.78 is 0.866. The smallest absolute Gasteiger partial charge is 0.251 e. The lowest BCUT2D eigenvalue weighted by Crippen LogP contribution is -2.50. The zero-order valence-corrected chi connectivity index (χ0v) is 25.4. The minimum Gasteiger partial charge on any atom is -0.350 e. The molecule has 0 spiro atoms. The molecule has 4 atom stereocenters. The second-order valence-corrected chi connectivity index (χ2v) is 13.4. The molecule has 2 N–H and O–H groups in total. The summed E-state index contributed by atoms with van der Waals surface area (Å²) in [5.74, 6) is 2.22. The average Bonchev–Trinajstić information content (AvgIpc) is 3.01. The first-order valence-electron chi connectivity index (χ1n) is 14.3. The van der Waals surface area contributed by atoms with Gasteiger partial charge in [-0.15, -0.1) is 0 Å². The molecule has 1 aromatic rings. The van der Waals surface area contributed by atoms with Gasteiger partial charge in [-0.25, -0.2) is 0 Å². The first kappa shape index (κ1) is 29.1. The molecule has 0 bridgehead atoms. The average molecular weight is 643 g/mol. The van der Waals surface area contributed by atoms with Crippen LogP contribution in [-0.4, -0.2) is 73.0 Å². The summed E-state index contributed by atoms with van der Waals surface area (Å²) in [6.07, 6.45) is 9.26. The molecular weight excluding hydrogens is 599 g/mol. The summed E-state index contributed by atoms with van der Waals surface area (Å²) in [6.45, 7) is 10.1. The van der Waals surface area contributed by atoms with Gasteiger partial charge in [0.25, 0.3) is 5.91 Å². The molecule has 37 heavy (non-hydrogen) atoms. The van der Waals surface area contributed by atoms with Gasteiger partial charge in [0.05, 0.1) is 11.1 Å². The van der Waals surface area contributed by atoms with Gasteiger partial charge in [-0.3, -0.25) is 9.59 Å². The lowest BCUT2D eigenvalue weighted by atomic mass is 9.76. The van der Waals surface area contributed by atoms with E-state index in [4.69, 9.17) is 11.6 Å². The lowest BCUT2D eigenvalue weighted by molar-refractivity contribution is -0.134. The topological polar surface area (TPSA) is 64.7 Å².